The molecule has 2 nitrogen and oxygen atoms in total. The van der Waals surface area contributed by atoms with E-state index in [0.29, 0.717) is 6.26 Å². The number of alkyl halides is 6. The first-order chi connectivity index (χ1) is 7.05. The maximum atomic E-state index is 11.9. The Morgan fingerprint density at radius 2 is 1.62 bits per heavy atom. The van der Waals surface area contributed by atoms with Gasteiger partial charge in [0.2, 0.25) is 0 Å². The molecule has 0 unspecified atom stereocenters. The number of halogens is 6. The number of hydrogen-bond donors (Lipinski definition) is 0. The summed E-state index contributed by atoms with van der Waals surface area (Å²) >= 11 is 0. The molecule has 0 aliphatic rings. The Morgan fingerprint density at radius 3 is 1.94 bits per heavy atom. The van der Waals surface area contributed by atoms with Crippen LogP contribution in [0.3, 0.4) is 0 Å². The second kappa shape index (κ2) is 5.07. The van der Waals surface area contributed by atoms with Gasteiger partial charge in [-0.25, -0.2) is 0 Å². The standard InChI is InChI=1S/C8H6F6O2/c1-5(15)16-4-2-3-6(7(9,10)11)8(12,13)14/h3-4,6H,1H3. The molecule has 0 aromatic carbocycles. The lowest BCUT2D eigenvalue weighted by atomic mass is 10.1. The van der Waals surface area contributed by atoms with Gasteiger partial charge in [-0.1, -0.05) is 5.73 Å². The van der Waals surface area contributed by atoms with Crippen LogP contribution in [0.4, 0.5) is 26.3 Å². The van der Waals surface area contributed by atoms with Gasteiger partial charge in [-0.15, -0.1) is 0 Å². The zero-order valence-corrected chi connectivity index (χ0v) is 7.82. The first-order valence-electron chi connectivity index (χ1n) is 3.77. The fraction of sp³-hybridized carbons (Fsp3) is 0.500. The van der Waals surface area contributed by atoms with Gasteiger partial charge in [-0.05, 0) is 6.08 Å². The smallest absolute Gasteiger partial charge is 0.404 e. The predicted octanol–water partition coefficient (Wildman–Crippen LogP) is 2.96. The molecule has 0 bridgehead atoms. The summed E-state index contributed by atoms with van der Waals surface area (Å²) < 4.78 is 75.3. The van der Waals surface area contributed by atoms with Crippen molar-refractivity contribution in [3.63, 3.8) is 0 Å². The highest BCUT2D eigenvalue weighted by Gasteiger charge is 2.55. The van der Waals surface area contributed by atoms with Gasteiger partial charge in [0.25, 0.3) is 0 Å². The minimum absolute atomic E-state index is 0.261. The zero-order valence-electron chi connectivity index (χ0n) is 7.82. The number of carbonyl (C=O) groups excluding carboxylic acids is 1. The fourth-order valence-electron chi connectivity index (χ4n) is 0.627. The Balaban J connectivity index is 4.84. The third-order valence-electron chi connectivity index (χ3n) is 1.26. The van der Waals surface area contributed by atoms with Crippen LogP contribution >= 0.6 is 0 Å². The molecule has 0 aliphatic heterocycles. The first kappa shape index (κ1) is 14.6. The summed E-state index contributed by atoms with van der Waals surface area (Å²) in [5.41, 5.74) is 1.50. The van der Waals surface area contributed by atoms with E-state index >= 15 is 0 Å². The Hall–Kier alpha value is -1.43. The Kier molecular flexibility index (Phi) is 4.61. The molecule has 92 valence electrons. The zero-order chi connectivity index (χ0) is 13.0. The van der Waals surface area contributed by atoms with Crippen LogP contribution in [0.25, 0.3) is 0 Å². The third kappa shape index (κ3) is 5.45. The number of ether oxygens (including phenoxy) is 1. The highest BCUT2D eigenvalue weighted by atomic mass is 19.4. The topological polar surface area (TPSA) is 26.3 Å². The van der Waals surface area contributed by atoms with Crippen LogP contribution in [-0.2, 0) is 9.53 Å². The van der Waals surface area contributed by atoms with Gasteiger partial charge in [-0.3, -0.25) is 4.79 Å². The summed E-state index contributed by atoms with van der Waals surface area (Å²) in [6.07, 6.45) is -10.9. The lowest BCUT2D eigenvalue weighted by Crippen LogP contribution is -2.34. The quantitative estimate of drug-likeness (QED) is 0.325. The van der Waals surface area contributed by atoms with E-state index in [9.17, 15) is 31.1 Å². The van der Waals surface area contributed by atoms with Crippen molar-refractivity contribution in [2.24, 2.45) is 5.92 Å². The van der Waals surface area contributed by atoms with Gasteiger partial charge in [0.1, 0.15) is 6.26 Å². The van der Waals surface area contributed by atoms with E-state index in [2.05, 4.69) is 4.74 Å². The molecule has 0 amide bonds. The Bertz CT molecular complexity index is 293. The monoisotopic (exact) mass is 248 g/mol. The van der Waals surface area contributed by atoms with Crippen LogP contribution in [0.2, 0.25) is 0 Å². The maximum Gasteiger partial charge on any atom is 0.404 e. The van der Waals surface area contributed by atoms with E-state index in [4.69, 9.17) is 0 Å². The van der Waals surface area contributed by atoms with Crippen LogP contribution in [0.1, 0.15) is 6.92 Å². The van der Waals surface area contributed by atoms with Crippen molar-refractivity contribution in [1.29, 1.82) is 0 Å². The van der Waals surface area contributed by atoms with Crippen LogP contribution in [0.5, 0.6) is 0 Å². The number of hydrogen-bond acceptors (Lipinski definition) is 2. The molecular weight excluding hydrogens is 242 g/mol. The summed E-state index contributed by atoms with van der Waals surface area (Å²) in [6.45, 7) is 0.934. The van der Waals surface area contributed by atoms with Crippen molar-refractivity contribution >= 4 is 5.97 Å². The van der Waals surface area contributed by atoms with Crippen molar-refractivity contribution < 1.29 is 35.9 Å². The first-order valence-corrected chi connectivity index (χ1v) is 3.77. The molecule has 0 spiro atoms. The maximum absolute atomic E-state index is 11.9. The average molecular weight is 248 g/mol. The van der Waals surface area contributed by atoms with Crippen molar-refractivity contribution in [2.75, 3.05) is 0 Å². The van der Waals surface area contributed by atoms with E-state index in [1.165, 1.54) is 5.73 Å². The summed E-state index contributed by atoms with van der Waals surface area (Å²) in [7, 11) is 0. The summed E-state index contributed by atoms with van der Waals surface area (Å²) in [5.74, 6) is -4.51. The Labute approximate surface area is 86.2 Å². The molecule has 0 N–H and O–H groups in total. The van der Waals surface area contributed by atoms with Crippen LogP contribution in [0.15, 0.2) is 18.1 Å². The Morgan fingerprint density at radius 1 is 1.19 bits per heavy atom. The molecular formula is C8H6F6O2. The number of esters is 1. The molecule has 0 radical (unpaired) electrons. The van der Waals surface area contributed by atoms with Gasteiger partial charge >= 0.3 is 18.3 Å². The van der Waals surface area contributed by atoms with Crippen LogP contribution in [0, 0.1) is 5.92 Å². The molecule has 0 saturated carbocycles. The van der Waals surface area contributed by atoms with Crippen LogP contribution < -0.4 is 0 Å². The van der Waals surface area contributed by atoms with Gasteiger partial charge in [-0.2, -0.15) is 26.3 Å². The highest BCUT2D eigenvalue weighted by molar-refractivity contribution is 5.66. The molecule has 0 aromatic heterocycles. The molecule has 16 heavy (non-hydrogen) atoms. The third-order valence-corrected chi connectivity index (χ3v) is 1.26. The highest BCUT2D eigenvalue weighted by Crippen LogP contribution is 2.39. The lowest BCUT2D eigenvalue weighted by Gasteiger charge is -2.18. The number of carbonyl (C=O) groups is 1. The second-order valence-corrected chi connectivity index (χ2v) is 2.62. The van der Waals surface area contributed by atoms with E-state index in [1.807, 2.05) is 0 Å². The second-order valence-electron chi connectivity index (χ2n) is 2.62. The van der Waals surface area contributed by atoms with Gasteiger partial charge in [0.15, 0.2) is 5.92 Å². The minimum Gasteiger partial charge on any atom is -0.426 e. The minimum atomic E-state index is -5.46. The van der Waals surface area contributed by atoms with E-state index < -0.39 is 24.2 Å². The van der Waals surface area contributed by atoms with Gasteiger partial charge in [0.05, 0.1) is 0 Å². The lowest BCUT2D eigenvalue weighted by molar-refractivity contribution is -0.267. The van der Waals surface area contributed by atoms with Crippen molar-refractivity contribution in [3.05, 3.63) is 18.1 Å². The van der Waals surface area contributed by atoms with E-state index in [1.54, 1.807) is 0 Å². The summed E-state index contributed by atoms with van der Waals surface area (Å²) in [5, 5.41) is 0. The fourth-order valence-corrected chi connectivity index (χ4v) is 0.627. The molecule has 8 heteroatoms. The summed E-state index contributed by atoms with van der Waals surface area (Å²) in [4.78, 5) is 10.1. The number of allylic oxidation sites excluding steroid dienone is 1. The number of rotatable bonds is 2. The molecule has 0 aliphatic carbocycles. The molecule has 0 atom stereocenters. The van der Waals surface area contributed by atoms with Crippen molar-refractivity contribution in [3.8, 4) is 0 Å². The molecule has 0 rings (SSSR count). The van der Waals surface area contributed by atoms with Crippen molar-refractivity contribution in [2.45, 2.75) is 19.3 Å². The van der Waals surface area contributed by atoms with Crippen molar-refractivity contribution in [1.82, 2.24) is 0 Å². The predicted molar refractivity (Wildman–Crippen MR) is 40.0 cm³/mol. The largest absolute Gasteiger partial charge is 0.426 e. The van der Waals surface area contributed by atoms with Gasteiger partial charge < -0.3 is 4.74 Å². The van der Waals surface area contributed by atoms with Gasteiger partial charge in [0, 0.05) is 6.92 Å². The normalized spacial score (nSPS) is 12.0. The van der Waals surface area contributed by atoms with E-state index in [0.717, 1.165) is 6.92 Å². The molecule has 0 heterocycles. The average Bonchev–Trinajstić information content (AvgIpc) is 1.97. The SMILES string of the molecule is CC(=O)OC=C=CC(C(F)(F)F)C(F)(F)F. The molecule has 0 aromatic rings. The summed E-state index contributed by atoms with van der Waals surface area (Å²) in [6, 6.07) is 0. The molecule has 0 saturated heterocycles. The molecule has 0 fully saturated rings. The van der Waals surface area contributed by atoms with Crippen LogP contribution in [-0.4, -0.2) is 18.3 Å². The van der Waals surface area contributed by atoms with E-state index in [-0.39, 0.29) is 6.08 Å².